The van der Waals surface area contributed by atoms with Gasteiger partial charge in [0.2, 0.25) is 10.0 Å². The van der Waals surface area contributed by atoms with E-state index in [1.807, 2.05) is 19.9 Å². The van der Waals surface area contributed by atoms with Gasteiger partial charge in [-0.05, 0) is 44.2 Å². The normalized spacial score (nSPS) is 18.7. The summed E-state index contributed by atoms with van der Waals surface area (Å²) < 4.78 is 34.2. The van der Waals surface area contributed by atoms with Crippen LogP contribution >= 0.6 is 0 Å². The molecule has 1 aliphatic rings. The topological polar surface area (TPSA) is 118 Å². The zero-order chi connectivity index (χ0) is 18.2. The number of benzene rings is 1. The predicted molar refractivity (Wildman–Crippen MR) is 92.2 cm³/mol. The fourth-order valence-corrected chi connectivity index (χ4v) is 4.24. The van der Waals surface area contributed by atoms with E-state index in [2.05, 4.69) is 9.71 Å². The second kappa shape index (κ2) is 6.02. The molecule has 0 aliphatic carbocycles. The average Bonchev–Trinajstić information content (AvgIpc) is 2.54. The fraction of sp³-hybridized carbons (Fsp3) is 0.294. The van der Waals surface area contributed by atoms with Crippen molar-refractivity contribution < 1.29 is 13.2 Å². The van der Waals surface area contributed by atoms with Gasteiger partial charge in [0.15, 0.2) is 5.69 Å². The molecule has 2 heterocycles. The maximum Gasteiger partial charge on any atom is 0.244 e. The number of rotatable bonds is 3. The molecular weight excluding hydrogens is 340 g/mol. The van der Waals surface area contributed by atoms with Gasteiger partial charge in [0.25, 0.3) is 0 Å². The molecule has 0 spiro atoms. The first-order valence-corrected chi connectivity index (χ1v) is 9.16. The van der Waals surface area contributed by atoms with E-state index in [1.165, 1.54) is 18.3 Å². The predicted octanol–water partition coefficient (Wildman–Crippen LogP) is 2.12. The number of nitrogen functional groups attached to an aromatic ring is 1. The number of hydrogen-bond acceptors (Lipinski definition) is 6. The third-order valence-electron chi connectivity index (χ3n) is 3.95. The Morgan fingerprint density at radius 2 is 2.16 bits per heavy atom. The van der Waals surface area contributed by atoms with Crippen LogP contribution in [0.5, 0.6) is 5.75 Å². The van der Waals surface area contributed by atoms with Crippen molar-refractivity contribution in [1.82, 2.24) is 9.71 Å². The Balaban J connectivity index is 2.03. The number of nitrogens with zero attached hydrogens (tertiary/aromatic N) is 2. The number of anilines is 1. The van der Waals surface area contributed by atoms with Crippen LogP contribution < -0.4 is 15.2 Å². The lowest BCUT2D eigenvalue weighted by Gasteiger charge is -2.37. The summed E-state index contributed by atoms with van der Waals surface area (Å²) in [6, 6.07) is 9.26. The van der Waals surface area contributed by atoms with E-state index in [0.717, 1.165) is 0 Å². The summed E-state index contributed by atoms with van der Waals surface area (Å²) in [5.41, 5.74) is 6.34. The highest BCUT2D eigenvalue weighted by molar-refractivity contribution is 7.89. The van der Waals surface area contributed by atoms with Crippen LogP contribution in [0.4, 0.5) is 5.69 Å². The lowest BCUT2D eigenvalue weighted by atomic mass is 9.90. The third-order valence-corrected chi connectivity index (χ3v) is 5.46. The molecule has 0 amide bonds. The highest BCUT2D eigenvalue weighted by Gasteiger charge is 2.36. The van der Waals surface area contributed by atoms with Crippen LogP contribution in [0, 0.1) is 11.3 Å². The van der Waals surface area contributed by atoms with Crippen molar-refractivity contribution in [3.05, 3.63) is 47.8 Å². The summed E-state index contributed by atoms with van der Waals surface area (Å²) >= 11 is 0. The minimum absolute atomic E-state index is 0.144. The SMILES string of the molecule is CC1(C)CC(NS(=O)(=O)c2cccnc2C#N)c2cc(N)ccc2O1. The molecule has 1 atom stereocenters. The summed E-state index contributed by atoms with van der Waals surface area (Å²) in [4.78, 5) is 3.67. The molecule has 130 valence electrons. The zero-order valence-electron chi connectivity index (χ0n) is 13.9. The molecule has 0 saturated heterocycles. The summed E-state index contributed by atoms with van der Waals surface area (Å²) in [6.07, 6.45) is 1.80. The molecule has 1 unspecified atom stereocenters. The molecule has 2 aromatic rings. The fourth-order valence-electron chi connectivity index (χ4n) is 2.92. The number of hydrogen-bond donors (Lipinski definition) is 2. The van der Waals surface area contributed by atoms with E-state index in [-0.39, 0.29) is 10.6 Å². The molecule has 0 bridgehead atoms. The second-order valence-electron chi connectivity index (χ2n) is 6.50. The monoisotopic (exact) mass is 358 g/mol. The molecule has 0 saturated carbocycles. The summed E-state index contributed by atoms with van der Waals surface area (Å²) in [5, 5.41) is 9.12. The van der Waals surface area contributed by atoms with Gasteiger partial charge in [-0.25, -0.2) is 18.1 Å². The van der Waals surface area contributed by atoms with Gasteiger partial charge in [0.1, 0.15) is 22.3 Å². The maximum atomic E-state index is 12.8. The number of nitriles is 1. The van der Waals surface area contributed by atoms with Crippen molar-refractivity contribution >= 4 is 15.7 Å². The molecule has 1 aromatic heterocycles. The highest BCUT2D eigenvalue weighted by Crippen LogP contribution is 2.41. The number of nitrogens with one attached hydrogen (secondary N) is 1. The van der Waals surface area contributed by atoms with Crippen LogP contribution in [0.2, 0.25) is 0 Å². The number of fused-ring (bicyclic) bond motifs is 1. The minimum atomic E-state index is -3.94. The molecule has 3 rings (SSSR count). The van der Waals surface area contributed by atoms with Gasteiger partial charge >= 0.3 is 0 Å². The van der Waals surface area contributed by atoms with E-state index in [1.54, 1.807) is 18.2 Å². The van der Waals surface area contributed by atoms with Crippen LogP contribution in [0.3, 0.4) is 0 Å². The molecule has 1 aliphatic heterocycles. The Morgan fingerprint density at radius 3 is 2.88 bits per heavy atom. The molecule has 25 heavy (non-hydrogen) atoms. The van der Waals surface area contributed by atoms with Crippen molar-refractivity contribution in [3.63, 3.8) is 0 Å². The van der Waals surface area contributed by atoms with Crippen LogP contribution in [0.25, 0.3) is 0 Å². The Hall–Kier alpha value is -2.63. The van der Waals surface area contributed by atoms with Gasteiger partial charge in [-0.2, -0.15) is 5.26 Å². The zero-order valence-corrected chi connectivity index (χ0v) is 14.7. The number of pyridine rings is 1. The van der Waals surface area contributed by atoms with E-state index >= 15 is 0 Å². The van der Waals surface area contributed by atoms with E-state index < -0.39 is 21.7 Å². The average molecular weight is 358 g/mol. The van der Waals surface area contributed by atoms with Gasteiger partial charge in [-0.1, -0.05) is 0 Å². The van der Waals surface area contributed by atoms with Crippen LogP contribution in [-0.4, -0.2) is 19.0 Å². The van der Waals surface area contributed by atoms with Crippen molar-refractivity contribution in [3.8, 4) is 11.8 Å². The van der Waals surface area contributed by atoms with Crippen LogP contribution in [0.15, 0.2) is 41.4 Å². The van der Waals surface area contributed by atoms with Crippen molar-refractivity contribution in [1.29, 1.82) is 5.26 Å². The third kappa shape index (κ3) is 3.43. The lowest BCUT2D eigenvalue weighted by molar-refractivity contribution is 0.0702. The largest absolute Gasteiger partial charge is 0.487 e. The molecule has 7 nitrogen and oxygen atoms in total. The first-order valence-electron chi connectivity index (χ1n) is 7.68. The number of aromatic nitrogens is 1. The molecule has 8 heteroatoms. The van der Waals surface area contributed by atoms with Crippen molar-refractivity contribution in [2.24, 2.45) is 0 Å². The Morgan fingerprint density at radius 1 is 1.40 bits per heavy atom. The second-order valence-corrected chi connectivity index (χ2v) is 8.18. The minimum Gasteiger partial charge on any atom is -0.487 e. The first-order chi connectivity index (χ1) is 11.7. The van der Waals surface area contributed by atoms with Crippen molar-refractivity contribution in [2.45, 2.75) is 36.8 Å². The summed E-state index contributed by atoms with van der Waals surface area (Å²) in [7, 11) is -3.94. The smallest absolute Gasteiger partial charge is 0.244 e. The van der Waals surface area contributed by atoms with Crippen LogP contribution in [-0.2, 0) is 10.0 Å². The Bertz CT molecular complexity index is 964. The lowest BCUT2D eigenvalue weighted by Crippen LogP contribution is -2.41. The van der Waals surface area contributed by atoms with E-state index in [0.29, 0.717) is 23.4 Å². The number of sulfonamides is 1. The first kappa shape index (κ1) is 17.2. The molecule has 0 radical (unpaired) electrons. The molecule has 0 fully saturated rings. The standard InChI is InChI=1S/C17H18N4O3S/c1-17(2)9-13(12-8-11(19)5-6-15(12)24-17)21-25(22,23)16-4-3-7-20-14(16)10-18/h3-8,13,21H,9,19H2,1-2H3. The van der Waals surface area contributed by atoms with Gasteiger partial charge < -0.3 is 10.5 Å². The van der Waals surface area contributed by atoms with Gasteiger partial charge in [-0.15, -0.1) is 0 Å². The van der Waals surface area contributed by atoms with E-state index in [4.69, 9.17) is 15.7 Å². The maximum absolute atomic E-state index is 12.8. The van der Waals surface area contributed by atoms with Crippen LogP contribution in [0.1, 0.15) is 37.6 Å². The van der Waals surface area contributed by atoms with Gasteiger partial charge in [0, 0.05) is 23.9 Å². The quantitative estimate of drug-likeness (QED) is 0.811. The Labute approximate surface area is 146 Å². The summed E-state index contributed by atoms with van der Waals surface area (Å²) in [6.45, 7) is 3.77. The number of ether oxygens (including phenoxy) is 1. The van der Waals surface area contributed by atoms with Gasteiger partial charge in [0.05, 0.1) is 6.04 Å². The Kier molecular flexibility index (Phi) is 4.14. The molecular formula is C17H18N4O3S. The molecule has 1 aromatic carbocycles. The highest BCUT2D eigenvalue weighted by atomic mass is 32.2. The van der Waals surface area contributed by atoms with Crippen molar-refractivity contribution in [2.75, 3.05) is 5.73 Å². The van der Waals surface area contributed by atoms with E-state index in [9.17, 15) is 8.42 Å². The number of nitrogens with two attached hydrogens (primary N) is 1. The van der Waals surface area contributed by atoms with Gasteiger partial charge in [-0.3, -0.25) is 0 Å². The summed E-state index contributed by atoms with van der Waals surface area (Å²) in [5.74, 6) is 0.588. The molecule has 3 N–H and O–H groups in total.